The molecular weight excluding hydrogens is 308 g/mol. The van der Waals surface area contributed by atoms with Gasteiger partial charge < -0.3 is 14.9 Å². The van der Waals surface area contributed by atoms with Gasteiger partial charge in [0.1, 0.15) is 11.6 Å². The Bertz CT molecular complexity index is 568. The first-order valence-corrected chi connectivity index (χ1v) is 6.21. The molecule has 0 aromatic heterocycles. The SMILES string of the molecule is COc1ccc(F)cc1C(C)(C)C[C@@](O)(C(=O)O)C(F)(F)F. The highest BCUT2D eigenvalue weighted by Gasteiger charge is 2.62. The van der Waals surface area contributed by atoms with Gasteiger partial charge in [-0.15, -0.1) is 0 Å². The summed E-state index contributed by atoms with van der Waals surface area (Å²) in [6, 6.07) is 3.24. The molecule has 0 saturated heterocycles. The van der Waals surface area contributed by atoms with E-state index in [1.807, 2.05) is 0 Å². The van der Waals surface area contributed by atoms with Crippen LogP contribution in [0.3, 0.4) is 0 Å². The van der Waals surface area contributed by atoms with Crippen LogP contribution in [-0.4, -0.2) is 35.1 Å². The molecule has 0 radical (unpaired) electrons. The summed E-state index contributed by atoms with van der Waals surface area (Å²) < 4.78 is 57.1. The van der Waals surface area contributed by atoms with Gasteiger partial charge in [-0.25, -0.2) is 9.18 Å². The first-order valence-electron chi connectivity index (χ1n) is 6.21. The van der Waals surface area contributed by atoms with Gasteiger partial charge in [-0.3, -0.25) is 0 Å². The summed E-state index contributed by atoms with van der Waals surface area (Å²) in [5.74, 6) is -3.03. The summed E-state index contributed by atoms with van der Waals surface area (Å²) >= 11 is 0. The Morgan fingerprint density at radius 3 is 2.23 bits per heavy atom. The molecule has 0 aliphatic heterocycles. The standard InChI is InChI=1S/C14H16F4O4/c1-12(2,7-13(21,11(19)20)14(16,17)18)9-6-8(15)4-5-10(9)22-3/h4-6,21H,7H2,1-3H3,(H,19,20)/t13-/m1/s1. The topological polar surface area (TPSA) is 66.8 Å². The van der Waals surface area contributed by atoms with E-state index in [0.717, 1.165) is 12.1 Å². The number of carbonyl (C=O) groups is 1. The second-order valence-corrected chi connectivity index (χ2v) is 5.57. The Balaban J connectivity index is 3.36. The monoisotopic (exact) mass is 324 g/mol. The quantitative estimate of drug-likeness (QED) is 0.817. The van der Waals surface area contributed by atoms with Crippen molar-refractivity contribution in [1.82, 2.24) is 0 Å². The van der Waals surface area contributed by atoms with Crippen molar-refractivity contribution >= 4 is 5.97 Å². The van der Waals surface area contributed by atoms with Gasteiger partial charge in [0.05, 0.1) is 7.11 Å². The van der Waals surface area contributed by atoms with Gasteiger partial charge in [0.2, 0.25) is 0 Å². The number of hydrogen-bond acceptors (Lipinski definition) is 3. The molecule has 1 rings (SSSR count). The molecule has 1 aromatic rings. The van der Waals surface area contributed by atoms with E-state index in [2.05, 4.69) is 0 Å². The molecule has 0 bridgehead atoms. The number of hydrogen-bond donors (Lipinski definition) is 2. The highest BCUT2D eigenvalue weighted by Crippen LogP contribution is 2.43. The average Bonchev–Trinajstić information content (AvgIpc) is 2.36. The largest absolute Gasteiger partial charge is 0.496 e. The molecule has 0 heterocycles. The first-order chi connectivity index (χ1) is 9.85. The Kier molecular flexibility index (Phi) is 4.76. The summed E-state index contributed by atoms with van der Waals surface area (Å²) in [6.45, 7) is 2.54. The van der Waals surface area contributed by atoms with Gasteiger partial charge in [-0.05, 0) is 23.6 Å². The van der Waals surface area contributed by atoms with Gasteiger partial charge in [-0.1, -0.05) is 13.8 Å². The van der Waals surface area contributed by atoms with E-state index in [4.69, 9.17) is 9.84 Å². The molecule has 124 valence electrons. The van der Waals surface area contributed by atoms with Gasteiger partial charge in [-0.2, -0.15) is 13.2 Å². The second kappa shape index (κ2) is 5.75. The van der Waals surface area contributed by atoms with Gasteiger partial charge >= 0.3 is 12.1 Å². The van der Waals surface area contributed by atoms with Crippen LogP contribution in [-0.2, 0) is 10.2 Å². The van der Waals surface area contributed by atoms with Crippen molar-refractivity contribution in [3.05, 3.63) is 29.6 Å². The molecule has 22 heavy (non-hydrogen) atoms. The lowest BCUT2D eigenvalue weighted by atomic mass is 9.74. The Hall–Kier alpha value is -1.83. The summed E-state index contributed by atoms with van der Waals surface area (Å²) in [4.78, 5) is 10.9. The Morgan fingerprint density at radius 1 is 1.27 bits per heavy atom. The fourth-order valence-electron chi connectivity index (χ4n) is 2.24. The molecule has 0 saturated carbocycles. The summed E-state index contributed by atoms with van der Waals surface area (Å²) in [5.41, 5.74) is -5.44. The van der Waals surface area contributed by atoms with Crippen molar-refractivity contribution in [2.75, 3.05) is 7.11 Å². The first kappa shape index (κ1) is 18.2. The smallest absolute Gasteiger partial charge is 0.428 e. The number of methoxy groups -OCH3 is 1. The van der Waals surface area contributed by atoms with Crippen LogP contribution in [0.1, 0.15) is 25.8 Å². The van der Waals surface area contributed by atoms with Crippen LogP contribution in [0, 0.1) is 5.82 Å². The van der Waals surface area contributed by atoms with Crippen LogP contribution < -0.4 is 4.74 Å². The minimum Gasteiger partial charge on any atom is -0.496 e. The van der Waals surface area contributed by atoms with Crippen molar-refractivity contribution in [3.8, 4) is 5.75 Å². The number of halogens is 4. The predicted octanol–water partition coefficient (Wildman–Crippen LogP) is 2.88. The molecule has 0 aliphatic carbocycles. The van der Waals surface area contributed by atoms with E-state index in [-0.39, 0.29) is 11.3 Å². The lowest BCUT2D eigenvalue weighted by Crippen LogP contribution is -2.55. The molecule has 4 nitrogen and oxygen atoms in total. The van der Waals surface area contributed by atoms with Crippen molar-refractivity contribution < 1.29 is 37.3 Å². The van der Waals surface area contributed by atoms with Crippen LogP contribution in [0.5, 0.6) is 5.75 Å². The van der Waals surface area contributed by atoms with E-state index in [1.54, 1.807) is 0 Å². The summed E-state index contributed by atoms with van der Waals surface area (Å²) in [7, 11) is 1.25. The normalized spacial score (nSPS) is 15.3. The van der Waals surface area contributed by atoms with Gasteiger partial charge in [0, 0.05) is 12.0 Å². The number of alkyl halides is 3. The van der Waals surface area contributed by atoms with Gasteiger partial charge in [0.25, 0.3) is 5.60 Å². The van der Waals surface area contributed by atoms with Crippen molar-refractivity contribution in [2.45, 2.75) is 37.5 Å². The van der Waals surface area contributed by atoms with Gasteiger partial charge in [0.15, 0.2) is 0 Å². The van der Waals surface area contributed by atoms with Crippen LogP contribution in [0.2, 0.25) is 0 Å². The van der Waals surface area contributed by atoms with E-state index >= 15 is 0 Å². The summed E-state index contributed by atoms with van der Waals surface area (Å²) in [6.07, 6.45) is -6.57. The van der Waals surface area contributed by atoms with Crippen molar-refractivity contribution in [2.24, 2.45) is 0 Å². The Morgan fingerprint density at radius 2 is 1.82 bits per heavy atom. The number of benzene rings is 1. The highest BCUT2D eigenvalue weighted by atomic mass is 19.4. The third kappa shape index (κ3) is 3.32. The molecule has 1 aromatic carbocycles. The maximum Gasteiger partial charge on any atom is 0.428 e. The lowest BCUT2D eigenvalue weighted by molar-refractivity contribution is -0.265. The fourth-order valence-corrected chi connectivity index (χ4v) is 2.24. The number of aliphatic carboxylic acids is 1. The van der Waals surface area contributed by atoms with Crippen LogP contribution in [0.15, 0.2) is 18.2 Å². The number of aliphatic hydroxyl groups is 1. The second-order valence-electron chi connectivity index (χ2n) is 5.57. The highest BCUT2D eigenvalue weighted by molar-refractivity contribution is 5.78. The minimum atomic E-state index is -5.38. The minimum absolute atomic E-state index is 0.0268. The molecule has 8 heteroatoms. The predicted molar refractivity (Wildman–Crippen MR) is 69.2 cm³/mol. The van der Waals surface area contributed by atoms with Crippen LogP contribution in [0.25, 0.3) is 0 Å². The molecule has 0 unspecified atom stereocenters. The van der Waals surface area contributed by atoms with Crippen LogP contribution in [0.4, 0.5) is 17.6 Å². The van der Waals surface area contributed by atoms with Crippen LogP contribution >= 0.6 is 0 Å². The zero-order valence-electron chi connectivity index (χ0n) is 12.2. The maximum absolute atomic E-state index is 13.4. The van der Waals surface area contributed by atoms with E-state index < -0.39 is 35.4 Å². The molecule has 0 spiro atoms. The van der Waals surface area contributed by atoms with E-state index in [1.165, 1.54) is 27.0 Å². The maximum atomic E-state index is 13.4. The molecule has 0 fully saturated rings. The van der Waals surface area contributed by atoms with E-state index in [9.17, 15) is 27.5 Å². The number of rotatable bonds is 5. The molecule has 0 amide bonds. The zero-order valence-corrected chi connectivity index (χ0v) is 12.2. The fraction of sp³-hybridized carbons (Fsp3) is 0.500. The van der Waals surface area contributed by atoms with Crippen molar-refractivity contribution in [3.63, 3.8) is 0 Å². The van der Waals surface area contributed by atoms with Crippen molar-refractivity contribution in [1.29, 1.82) is 0 Å². The molecule has 1 atom stereocenters. The molecular formula is C14H16F4O4. The molecule has 0 aliphatic rings. The third-order valence-electron chi connectivity index (χ3n) is 3.41. The third-order valence-corrected chi connectivity index (χ3v) is 3.41. The number of carboxylic acids is 1. The number of ether oxygens (including phenoxy) is 1. The Labute approximate surface area is 124 Å². The van der Waals surface area contributed by atoms with E-state index in [0.29, 0.717) is 0 Å². The lowest BCUT2D eigenvalue weighted by Gasteiger charge is -2.35. The molecule has 2 N–H and O–H groups in total. The number of carboxylic acid groups (broad SMARTS) is 1. The summed E-state index contributed by atoms with van der Waals surface area (Å²) in [5, 5.41) is 18.4. The zero-order chi connectivity index (χ0) is 17.3. The average molecular weight is 324 g/mol.